The van der Waals surface area contributed by atoms with Crippen LogP contribution in [0, 0.1) is 0 Å². The van der Waals surface area contributed by atoms with Gasteiger partial charge in [0.1, 0.15) is 0 Å². The highest BCUT2D eigenvalue weighted by Gasteiger charge is 2.38. The van der Waals surface area contributed by atoms with E-state index in [1.165, 1.54) is 0 Å². The number of rotatable bonds is 4. The summed E-state index contributed by atoms with van der Waals surface area (Å²) in [5.74, 6) is 5.99. The highest BCUT2D eigenvalue weighted by Crippen LogP contribution is 2.42. The van der Waals surface area contributed by atoms with Crippen LogP contribution in [0.15, 0.2) is 103 Å². The van der Waals surface area contributed by atoms with Crippen molar-refractivity contribution in [1.29, 1.82) is 0 Å². The number of fused-ring (bicyclic) bond motifs is 1. The summed E-state index contributed by atoms with van der Waals surface area (Å²) in [6.07, 6.45) is 0. The van der Waals surface area contributed by atoms with Crippen LogP contribution in [0.2, 0.25) is 0 Å². The molecule has 0 aliphatic carbocycles. The SMILES string of the molecule is NOC(c1ccccc1)(c1ccccc1)c1cccc2ccccc12. The second kappa shape index (κ2) is 6.52. The Kier molecular flexibility index (Phi) is 4.06. The fraction of sp³-hybridized carbons (Fsp3) is 0.0435. The lowest BCUT2D eigenvalue weighted by atomic mass is 9.78. The van der Waals surface area contributed by atoms with Crippen LogP contribution in [0.5, 0.6) is 0 Å². The normalized spacial score (nSPS) is 11.6. The summed E-state index contributed by atoms with van der Waals surface area (Å²) in [6, 6.07) is 34.8. The first-order valence-corrected chi connectivity index (χ1v) is 8.33. The van der Waals surface area contributed by atoms with Gasteiger partial charge in [-0.15, -0.1) is 0 Å². The number of nitrogens with two attached hydrogens (primary N) is 1. The highest BCUT2D eigenvalue weighted by molar-refractivity contribution is 5.87. The van der Waals surface area contributed by atoms with Crippen molar-refractivity contribution in [2.45, 2.75) is 5.60 Å². The Morgan fingerprint density at radius 2 is 1.08 bits per heavy atom. The minimum absolute atomic E-state index is 0.872. The van der Waals surface area contributed by atoms with E-state index in [0.29, 0.717) is 0 Å². The first kappa shape index (κ1) is 15.6. The molecule has 0 unspecified atom stereocenters. The van der Waals surface area contributed by atoms with Gasteiger partial charge in [-0.3, -0.25) is 4.84 Å². The molecular formula is C23H19NO. The number of benzene rings is 4. The highest BCUT2D eigenvalue weighted by atomic mass is 16.6. The third-order valence-electron chi connectivity index (χ3n) is 4.71. The zero-order valence-electron chi connectivity index (χ0n) is 13.8. The van der Waals surface area contributed by atoms with Crippen molar-refractivity contribution in [3.8, 4) is 0 Å². The Hall–Kier alpha value is -2.94. The molecule has 4 rings (SSSR count). The van der Waals surface area contributed by atoms with E-state index < -0.39 is 5.60 Å². The molecule has 0 spiro atoms. The van der Waals surface area contributed by atoms with Gasteiger partial charge in [0.25, 0.3) is 0 Å². The molecule has 0 saturated heterocycles. The van der Waals surface area contributed by atoms with Gasteiger partial charge in [-0.2, -0.15) is 0 Å². The molecule has 0 atom stereocenters. The lowest BCUT2D eigenvalue weighted by molar-refractivity contribution is 0.0128. The van der Waals surface area contributed by atoms with Crippen LogP contribution in [0.4, 0.5) is 0 Å². The van der Waals surface area contributed by atoms with E-state index in [9.17, 15) is 0 Å². The minimum Gasteiger partial charge on any atom is -0.283 e. The van der Waals surface area contributed by atoms with Gasteiger partial charge in [0, 0.05) is 5.56 Å². The van der Waals surface area contributed by atoms with Crippen LogP contribution in [0.3, 0.4) is 0 Å². The molecule has 0 bridgehead atoms. The molecule has 0 aliphatic rings. The molecule has 0 aromatic heterocycles. The number of hydrogen-bond donors (Lipinski definition) is 1. The third kappa shape index (κ3) is 2.52. The fourth-order valence-corrected chi connectivity index (χ4v) is 3.56. The molecular weight excluding hydrogens is 306 g/mol. The topological polar surface area (TPSA) is 35.2 Å². The van der Waals surface area contributed by atoms with Gasteiger partial charge in [0.05, 0.1) is 0 Å². The molecule has 0 heterocycles. The van der Waals surface area contributed by atoms with E-state index in [2.05, 4.69) is 54.6 Å². The summed E-state index contributed by atoms with van der Waals surface area (Å²) in [5, 5.41) is 2.29. The Morgan fingerprint density at radius 1 is 0.560 bits per heavy atom. The average molecular weight is 325 g/mol. The summed E-state index contributed by atoms with van der Waals surface area (Å²) < 4.78 is 0. The largest absolute Gasteiger partial charge is 0.283 e. The van der Waals surface area contributed by atoms with Crippen LogP contribution >= 0.6 is 0 Å². The summed E-state index contributed by atoms with van der Waals surface area (Å²) in [7, 11) is 0. The Labute approximate surface area is 147 Å². The summed E-state index contributed by atoms with van der Waals surface area (Å²) >= 11 is 0. The molecule has 2 N–H and O–H groups in total. The van der Waals surface area contributed by atoms with Gasteiger partial charge in [-0.05, 0) is 21.9 Å². The minimum atomic E-state index is -0.872. The van der Waals surface area contributed by atoms with Crippen molar-refractivity contribution < 1.29 is 4.84 Å². The van der Waals surface area contributed by atoms with Crippen molar-refractivity contribution in [2.24, 2.45) is 5.90 Å². The van der Waals surface area contributed by atoms with E-state index in [4.69, 9.17) is 10.7 Å². The summed E-state index contributed by atoms with van der Waals surface area (Å²) in [5.41, 5.74) is 2.16. The van der Waals surface area contributed by atoms with E-state index in [1.54, 1.807) is 0 Å². The summed E-state index contributed by atoms with van der Waals surface area (Å²) in [4.78, 5) is 5.80. The molecule has 25 heavy (non-hydrogen) atoms. The molecule has 0 aliphatic heterocycles. The molecule has 0 amide bonds. The number of hydrogen-bond acceptors (Lipinski definition) is 2. The molecule has 4 aromatic rings. The van der Waals surface area contributed by atoms with Gasteiger partial charge < -0.3 is 0 Å². The zero-order chi connectivity index (χ0) is 17.1. The second-order valence-corrected chi connectivity index (χ2v) is 6.06. The first-order valence-electron chi connectivity index (χ1n) is 8.33. The average Bonchev–Trinajstić information content (AvgIpc) is 2.71. The van der Waals surface area contributed by atoms with Crippen molar-refractivity contribution in [2.75, 3.05) is 0 Å². The van der Waals surface area contributed by atoms with E-state index >= 15 is 0 Å². The lowest BCUT2D eigenvalue weighted by Crippen LogP contribution is -2.35. The van der Waals surface area contributed by atoms with Crippen LogP contribution in [0.1, 0.15) is 16.7 Å². The summed E-state index contributed by atoms with van der Waals surface area (Å²) in [6.45, 7) is 0. The van der Waals surface area contributed by atoms with Gasteiger partial charge >= 0.3 is 0 Å². The maximum Gasteiger partial charge on any atom is 0.165 e. The van der Waals surface area contributed by atoms with E-state index in [0.717, 1.165) is 27.5 Å². The molecule has 2 nitrogen and oxygen atoms in total. The van der Waals surface area contributed by atoms with Crippen LogP contribution in [0.25, 0.3) is 10.8 Å². The molecule has 0 radical (unpaired) electrons. The maximum absolute atomic E-state index is 5.99. The van der Waals surface area contributed by atoms with E-state index in [-0.39, 0.29) is 0 Å². The van der Waals surface area contributed by atoms with E-state index in [1.807, 2.05) is 48.5 Å². The quantitative estimate of drug-likeness (QED) is 0.422. The first-order chi connectivity index (χ1) is 12.4. The predicted molar refractivity (Wildman–Crippen MR) is 102 cm³/mol. The van der Waals surface area contributed by atoms with Crippen LogP contribution in [-0.2, 0) is 10.4 Å². The monoisotopic (exact) mass is 325 g/mol. The van der Waals surface area contributed by atoms with Gasteiger partial charge in [-0.1, -0.05) is 103 Å². The van der Waals surface area contributed by atoms with Crippen molar-refractivity contribution in [3.05, 3.63) is 120 Å². The van der Waals surface area contributed by atoms with Crippen molar-refractivity contribution >= 4 is 10.8 Å². The Bertz CT molecular complexity index is 936. The fourth-order valence-electron chi connectivity index (χ4n) is 3.56. The standard InChI is InChI=1S/C23H19NO/c24-25-23(19-12-3-1-4-13-19,20-14-5-2-6-15-20)22-17-9-11-18-10-7-8-16-21(18)22/h1-17H,24H2. The van der Waals surface area contributed by atoms with Gasteiger partial charge in [-0.25, -0.2) is 5.90 Å². The Balaban J connectivity index is 2.11. The molecule has 0 saturated carbocycles. The molecule has 4 aromatic carbocycles. The van der Waals surface area contributed by atoms with Gasteiger partial charge in [0.2, 0.25) is 0 Å². The molecule has 2 heteroatoms. The lowest BCUT2D eigenvalue weighted by Gasteiger charge is -2.34. The predicted octanol–water partition coefficient (Wildman–Crippen LogP) is 5.02. The second-order valence-electron chi connectivity index (χ2n) is 6.06. The van der Waals surface area contributed by atoms with Crippen LogP contribution < -0.4 is 5.90 Å². The van der Waals surface area contributed by atoms with Crippen LogP contribution in [-0.4, -0.2) is 0 Å². The van der Waals surface area contributed by atoms with Gasteiger partial charge in [0.15, 0.2) is 5.60 Å². The molecule has 122 valence electrons. The van der Waals surface area contributed by atoms with Crippen molar-refractivity contribution in [3.63, 3.8) is 0 Å². The zero-order valence-corrected chi connectivity index (χ0v) is 13.8. The smallest absolute Gasteiger partial charge is 0.165 e. The molecule has 0 fully saturated rings. The Morgan fingerprint density at radius 3 is 1.68 bits per heavy atom. The van der Waals surface area contributed by atoms with Crippen molar-refractivity contribution in [1.82, 2.24) is 0 Å². The third-order valence-corrected chi connectivity index (χ3v) is 4.71. The maximum atomic E-state index is 5.99.